The molecule has 0 bridgehead atoms. The van der Waals surface area contributed by atoms with Gasteiger partial charge in [0, 0.05) is 12.1 Å². The normalized spacial score (nSPS) is 9.71. The molecule has 2 aromatic rings. The standard InChI is InChI=1S/C12H11NO3.ClH/c1-9-4-6-13(7-5-9)8-10-2-3-11(16-10)12(14)15;/h2-7H,8H2,1H3;1H. The summed E-state index contributed by atoms with van der Waals surface area (Å²) in [6.45, 7) is 2.55. The van der Waals surface area contributed by atoms with Gasteiger partial charge in [0.1, 0.15) is 0 Å². The number of aromatic nitrogens is 1. The molecule has 2 aromatic heterocycles. The summed E-state index contributed by atoms with van der Waals surface area (Å²) in [5.41, 5.74) is 1.18. The molecule has 1 N–H and O–H groups in total. The number of pyridine rings is 1. The summed E-state index contributed by atoms with van der Waals surface area (Å²) in [4.78, 5) is 10.6. The van der Waals surface area contributed by atoms with E-state index in [2.05, 4.69) is 0 Å². The highest BCUT2D eigenvalue weighted by Gasteiger charge is 2.11. The number of aromatic carboxylic acids is 1. The van der Waals surface area contributed by atoms with Crippen molar-refractivity contribution in [3.63, 3.8) is 0 Å². The molecule has 2 rings (SSSR count). The maximum Gasteiger partial charge on any atom is 0.371 e. The van der Waals surface area contributed by atoms with Crippen LogP contribution < -0.4 is 17.0 Å². The SMILES string of the molecule is Cc1cc[n+](Cc2ccc(C(=O)O)o2)cc1.[Cl-]. The summed E-state index contributed by atoms with van der Waals surface area (Å²) >= 11 is 0. The van der Waals surface area contributed by atoms with Crippen molar-refractivity contribution in [3.8, 4) is 0 Å². The maximum atomic E-state index is 10.6. The van der Waals surface area contributed by atoms with E-state index in [0.717, 1.165) is 0 Å². The van der Waals surface area contributed by atoms with Crippen molar-refractivity contribution in [1.29, 1.82) is 0 Å². The minimum atomic E-state index is -1.04. The van der Waals surface area contributed by atoms with Crippen LogP contribution in [0, 0.1) is 6.92 Å². The Labute approximate surface area is 105 Å². The van der Waals surface area contributed by atoms with E-state index in [-0.39, 0.29) is 18.2 Å². The fraction of sp³-hybridized carbons (Fsp3) is 0.167. The lowest BCUT2D eigenvalue weighted by Gasteiger charge is -1.94. The summed E-state index contributed by atoms with van der Waals surface area (Å²) in [5.74, 6) is -0.436. The first-order valence-electron chi connectivity index (χ1n) is 4.93. The van der Waals surface area contributed by atoms with Gasteiger partial charge in [0.15, 0.2) is 18.2 Å². The molecule has 0 spiro atoms. The number of carboxylic acid groups (broad SMARTS) is 1. The summed E-state index contributed by atoms with van der Waals surface area (Å²) in [7, 11) is 0. The van der Waals surface area contributed by atoms with Crippen LogP contribution in [0.25, 0.3) is 0 Å². The van der Waals surface area contributed by atoms with Crippen molar-refractivity contribution in [2.24, 2.45) is 0 Å². The molecule has 4 nitrogen and oxygen atoms in total. The molecule has 5 heteroatoms. The van der Waals surface area contributed by atoms with Crippen molar-refractivity contribution in [2.75, 3.05) is 0 Å². The van der Waals surface area contributed by atoms with Crippen molar-refractivity contribution in [3.05, 3.63) is 53.7 Å². The molecule has 0 radical (unpaired) electrons. The Morgan fingerprint density at radius 3 is 2.47 bits per heavy atom. The minimum Gasteiger partial charge on any atom is -1.00 e. The number of hydrogen-bond acceptors (Lipinski definition) is 2. The third-order valence-electron chi connectivity index (χ3n) is 2.27. The number of halogens is 1. The van der Waals surface area contributed by atoms with Crippen LogP contribution in [0.3, 0.4) is 0 Å². The molecule has 0 unspecified atom stereocenters. The lowest BCUT2D eigenvalue weighted by atomic mass is 10.3. The van der Waals surface area contributed by atoms with Gasteiger partial charge in [-0.3, -0.25) is 0 Å². The summed E-state index contributed by atoms with van der Waals surface area (Å²) < 4.78 is 7.09. The van der Waals surface area contributed by atoms with Gasteiger partial charge in [-0.25, -0.2) is 4.79 Å². The molecule has 0 aliphatic carbocycles. The van der Waals surface area contributed by atoms with Gasteiger partial charge in [-0.15, -0.1) is 0 Å². The topological polar surface area (TPSA) is 54.3 Å². The highest BCUT2D eigenvalue weighted by Crippen LogP contribution is 2.07. The zero-order chi connectivity index (χ0) is 11.5. The molecule has 0 aliphatic heterocycles. The largest absolute Gasteiger partial charge is 1.00 e. The molecule has 17 heavy (non-hydrogen) atoms. The molecule has 2 heterocycles. The van der Waals surface area contributed by atoms with Crippen molar-refractivity contribution < 1.29 is 31.3 Å². The Kier molecular flexibility index (Phi) is 4.29. The average Bonchev–Trinajstić information content (AvgIpc) is 2.70. The van der Waals surface area contributed by atoms with Crippen molar-refractivity contribution in [1.82, 2.24) is 0 Å². The van der Waals surface area contributed by atoms with Crippen LogP contribution in [-0.2, 0) is 6.54 Å². The summed E-state index contributed by atoms with van der Waals surface area (Å²) in [6, 6.07) is 7.12. The van der Waals surface area contributed by atoms with Gasteiger partial charge in [0.05, 0.1) is 0 Å². The number of hydrogen-bond donors (Lipinski definition) is 1. The average molecular weight is 254 g/mol. The van der Waals surface area contributed by atoms with E-state index in [4.69, 9.17) is 9.52 Å². The molecule has 0 amide bonds. The molecule has 0 saturated carbocycles. The van der Waals surface area contributed by atoms with E-state index in [0.29, 0.717) is 12.3 Å². The van der Waals surface area contributed by atoms with Gasteiger partial charge >= 0.3 is 5.97 Å². The van der Waals surface area contributed by atoms with Crippen molar-refractivity contribution in [2.45, 2.75) is 13.5 Å². The molecule has 0 atom stereocenters. The minimum absolute atomic E-state index is 0. The maximum absolute atomic E-state index is 10.6. The monoisotopic (exact) mass is 253 g/mol. The van der Waals surface area contributed by atoms with Crippen molar-refractivity contribution >= 4 is 5.97 Å². The van der Waals surface area contributed by atoms with E-state index >= 15 is 0 Å². The zero-order valence-electron chi connectivity index (χ0n) is 9.26. The van der Waals surface area contributed by atoms with Gasteiger partial charge in [-0.05, 0) is 24.6 Å². The first kappa shape index (κ1) is 13.3. The fourth-order valence-corrected chi connectivity index (χ4v) is 1.40. The van der Waals surface area contributed by atoms with E-state index in [1.165, 1.54) is 11.6 Å². The first-order valence-corrected chi connectivity index (χ1v) is 4.93. The van der Waals surface area contributed by atoms with Crippen LogP contribution in [0.1, 0.15) is 21.9 Å². The third-order valence-corrected chi connectivity index (χ3v) is 2.27. The Balaban J connectivity index is 0.00000144. The smallest absolute Gasteiger partial charge is 0.371 e. The number of rotatable bonds is 3. The summed E-state index contributed by atoms with van der Waals surface area (Å²) in [6.07, 6.45) is 3.86. The number of furan rings is 1. The molecule has 0 aliphatic rings. The highest BCUT2D eigenvalue weighted by molar-refractivity contribution is 5.84. The van der Waals surface area contributed by atoms with Gasteiger partial charge < -0.3 is 21.9 Å². The van der Waals surface area contributed by atoms with Crippen LogP contribution in [0.15, 0.2) is 41.1 Å². The van der Waals surface area contributed by atoms with Gasteiger partial charge in [0.25, 0.3) is 0 Å². The van der Waals surface area contributed by atoms with E-state index in [9.17, 15) is 4.79 Å². The lowest BCUT2D eigenvalue weighted by Crippen LogP contribution is -3.00. The number of aryl methyl sites for hydroxylation is 1. The highest BCUT2D eigenvalue weighted by atomic mass is 35.5. The quantitative estimate of drug-likeness (QED) is 0.687. The molecule has 90 valence electrons. The predicted molar refractivity (Wildman–Crippen MR) is 56.1 cm³/mol. The van der Waals surface area contributed by atoms with Gasteiger partial charge in [-0.1, -0.05) is 0 Å². The number of nitrogens with zero attached hydrogens (tertiary/aromatic N) is 1. The van der Waals surface area contributed by atoms with Crippen LogP contribution in [0.2, 0.25) is 0 Å². The van der Waals surface area contributed by atoms with Crippen LogP contribution >= 0.6 is 0 Å². The number of carboxylic acids is 1. The molecule has 0 aromatic carbocycles. The third kappa shape index (κ3) is 3.32. The predicted octanol–water partition coefficient (Wildman–Crippen LogP) is -1.37. The lowest BCUT2D eigenvalue weighted by molar-refractivity contribution is -0.690. The van der Waals surface area contributed by atoms with E-state index in [1.54, 1.807) is 6.07 Å². The van der Waals surface area contributed by atoms with E-state index < -0.39 is 5.97 Å². The second kappa shape index (κ2) is 5.50. The molecule has 0 saturated heterocycles. The first-order chi connectivity index (χ1) is 7.65. The van der Waals surface area contributed by atoms with Gasteiger partial charge in [0.2, 0.25) is 12.3 Å². The fourth-order valence-electron chi connectivity index (χ4n) is 1.40. The molecular weight excluding hydrogens is 242 g/mol. The second-order valence-electron chi connectivity index (χ2n) is 3.62. The molecule has 0 fully saturated rings. The van der Waals surface area contributed by atoms with Crippen LogP contribution in [-0.4, -0.2) is 11.1 Å². The number of carbonyl (C=O) groups is 1. The second-order valence-corrected chi connectivity index (χ2v) is 3.62. The zero-order valence-corrected chi connectivity index (χ0v) is 10.0. The Morgan fingerprint density at radius 2 is 1.94 bits per heavy atom. The Bertz CT molecular complexity index is 505. The Hall–Kier alpha value is -1.81. The van der Waals surface area contributed by atoms with E-state index in [1.807, 2.05) is 36.0 Å². The van der Waals surface area contributed by atoms with Gasteiger partial charge in [-0.2, -0.15) is 4.57 Å². The summed E-state index contributed by atoms with van der Waals surface area (Å²) in [5, 5.41) is 8.70. The molecular formula is C12H12ClNO3. The Morgan fingerprint density at radius 1 is 1.29 bits per heavy atom. The van der Waals surface area contributed by atoms with Crippen LogP contribution in [0.4, 0.5) is 0 Å². The van der Waals surface area contributed by atoms with Crippen LogP contribution in [0.5, 0.6) is 0 Å².